The molecule has 0 saturated heterocycles. The average Bonchev–Trinajstić information content (AvgIpc) is 3.44. The molecule has 0 radical (unpaired) electrons. The Morgan fingerprint density at radius 1 is 0.667 bits per heavy atom. The molecule has 1 unspecified atom stereocenters. The standard InChI is InChI=1S/C39H78N6O3/c1-29(10-4-20-45(21-5-15-40)22-6-16-41)32-11-12-33-37-34(28-36(39(32,33)3)48-25-9-19-44)38(2)14-13-31(46-23-7-17-42)26-30(38)27-35(37)47-24-8-18-43/h29-37H,4-28,40-44H2,1-3H3/t29-,30?,31-,32-,33+,34+,35-,36+,37+,38+,39-/m1/s1. The van der Waals surface area contributed by atoms with Gasteiger partial charge in [-0.1, -0.05) is 20.8 Å². The molecule has 282 valence electrons. The minimum Gasteiger partial charge on any atom is -0.378 e. The Balaban J connectivity index is 1.55. The molecule has 4 rings (SSSR count). The fourth-order valence-corrected chi connectivity index (χ4v) is 11.4. The van der Waals surface area contributed by atoms with Gasteiger partial charge in [-0.3, -0.25) is 0 Å². The number of nitrogens with zero attached hydrogens (tertiary/aromatic N) is 1. The first-order chi connectivity index (χ1) is 23.3. The van der Waals surface area contributed by atoms with E-state index < -0.39 is 0 Å². The maximum Gasteiger partial charge on any atom is 0.0637 e. The van der Waals surface area contributed by atoms with Gasteiger partial charge in [-0.05, 0) is 183 Å². The van der Waals surface area contributed by atoms with Crippen LogP contribution in [0.25, 0.3) is 0 Å². The molecule has 9 nitrogen and oxygen atoms in total. The van der Waals surface area contributed by atoms with Gasteiger partial charge in [0.25, 0.3) is 0 Å². The minimum absolute atomic E-state index is 0.148. The highest BCUT2D eigenvalue weighted by atomic mass is 16.5. The van der Waals surface area contributed by atoms with Crippen LogP contribution in [-0.2, 0) is 14.2 Å². The fourth-order valence-electron chi connectivity index (χ4n) is 11.4. The second-order valence-corrected chi connectivity index (χ2v) is 16.7. The number of ether oxygens (including phenoxy) is 3. The van der Waals surface area contributed by atoms with E-state index in [4.69, 9.17) is 42.9 Å². The molecule has 0 aliphatic heterocycles. The van der Waals surface area contributed by atoms with Crippen LogP contribution in [0.3, 0.4) is 0 Å². The van der Waals surface area contributed by atoms with Crippen LogP contribution in [-0.4, -0.2) is 95.4 Å². The van der Waals surface area contributed by atoms with Gasteiger partial charge in [0.1, 0.15) is 0 Å². The van der Waals surface area contributed by atoms with Crippen molar-refractivity contribution in [2.75, 3.05) is 72.2 Å². The Kier molecular flexibility index (Phi) is 16.9. The molecule has 4 aliphatic rings. The zero-order chi connectivity index (χ0) is 34.6. The van der Waals surface area contributed by atoms with Crippen molar-refractivity contribution in [1.29, 1.82) is 0 Å². The lowest BCUT2D eigenvalue weighted by Gasteiger charge is -2.65. The van der Waals surface area contributed by atoms with Gasteiger partial charge in [0.15, 0.2) is 0 Å². The highest BCUT2D eigenvalue weighted by Crippen LogP contribution is 2.69. The lowest BCUT2D eigenvalue weighted by Crippen LogP contribution is -2.63. The molecule has 10 N–H and O–H groups in total. The molecule has 9 heteroatoms. The van der Waals surface area contributed by atoms with Crippen molar-refractivity contribution >= 4 is 0 Å². The molecule has 0 aromatic heterocycles. The van der Waals surface area contributed by atoms with Gasteiger partial charge in [0.05, 0.1) is 18.3 Å². The normalized spacial score (nSPS) is 36.9. The van der Waals surface area contributed by atoms with Gasteiger partial charge < -0.3 is 47.8 Å². The molecular formula is C39H78N6O3. The van der Waals surface area contributed by atoms with Gasteiger partial charge in [-0.2, -0.15) is 0 Å². The second kappa shape index (κ2) is 20.0. The molecule has 0 spiro atoms. The first-order valence-electron chi connectivity index (χ1n) is 20.4. The van der Waals surface area contributed by atoms with Gasteiger partial charge >= 0.3 is 0 Å². The third-order valence-electron chi connectivity index (χ3n) is 14.0. The van der Waals surface area contributed by atoms with Crippen molar-refractivity contribution in [3.05, 3.63) is 0 Å². The van der Waals surface area contributed by atoms with Gasteiger partial charge in [0, 0.05) is 25.2 Å². The van der Waals surface area contributed by atoms with E-state index in [9.17, 15) is 0 Å². The van der Waals surface area contributed by atoms with Gasteiger partial charge in [-0.25, -0.2) is 0 Å². The molecule has 0 heterocycles. The van der Waals surface area contributed by atoms with Crippen LogP contribution in [0.1, 0.15) is 111 Å². The largest absolute Gasteiger partial charge is 0.378 e. The molecule has 11 atom stereocenters. The van der Waals surface area contributed by atoms with E-state index in [1.165, 1.54) is 32.1 Å². The highest BCUT2D eigenvalue weighted by Gasteiger charge is 2.66. The summed E-state index contributed by atoms with van der Waals surface area (Å²) in [5.74, 6) is 3.75. The van der Waals surface area contributed by atoms with E-state index in [0.29, 0.717) is 72.8 Å². The van der Waals surface area contributed by atoms with Crippen LogP contribution in [0.2, 0.25) is 0 Å². The number of hydrogen-bond acceptors (Lipinski definition) is 9. The molecule has 4 aliphatic carbocycles. The number of fused-ring (bicyclic) bond motifs is 5. The Morgan fingerprint density at radius 3 is 1.92 bits per heavy atom. The van der Waals surface area contributed by atoms with Crippen molar-refractivity contribution < 1.29 is 14.2 Å². The summed E-state index contributed by atoms with van der Waals surface area (Å²) in [6.07, 6.45) is 16.8. The summed E-state index contributed by atoms with van der Waals surface area (Å²) < 4.78 is 20.4. The monoisotopic (exact) mass is 679 g/mol. The van der Waals surface area contributed by atoms with Crippen LogP contribution in [0.5, 0.6) is 0 Å². The second-order valence-electron chi connectivity index (χ2n) is 16.7. The molecule has 0 amide bonds. The van der Waals surface area contributed by atoms with Gasteiger partial charge in [-0.15, -0.1) is 0 Å². The fraction of sp³-hybridized carbons (Fsp3) is 1.00. The Hall–Kier alpha value is -0.360. The molecule has 4 fully saturated rings. The van der Waals surface area contributed by atoms with Gasteiger partial charge in [0.2, 0.25) is 0 Å². The van der Waals surface area contributed by atoms with Crippen LogP contribution < -0.4 is 28.7 Å². The predicted octanol–water partition coefficient (Wildman–Crippen LogP) is 4.48. The number of rotatable bonds is 23. The number of hydrogen-bond donors (Lipinski definition) is 5. The van der Waals surface area contributed by atoms with Crippen molar-refractivity contribution in [2.24, 2.45) is 75.0 Å². The maximum atomic E-state index is 7.04. The van der Waals surface area contributed by atoms with E-state index in [1.54, 1.807) is 0 Å². The zero-order valence-electron chi connectivity index (χ0n) is 31.4. The summed E-state index contributed by atoms with van der Waals surface area (Å²) in [6, 6.07) is 0. The molecule has 0 aromatic rings. The van der Waals surface area contributed by atoms with Crippen molar-refractivity contribution in [3.63, 3.8) is 0 Å². The van der Waals surface area contributed by atoms with E-state index in [2.05, 4.69) is 25.7 Å². The first-order valence-corrected chi connectivity index (χ1v) is 20.4. The SMILES string of the molecule is C[C@H](CCCN(CCCN)CCCN)[C@H]1CC[C@H]2[C@@H]3[C@H](OCCCN)CC4C[C@H](OCCCN)CC[C@]4(C)[C@H]3C[C@H](OCCCN)[C@]12C. The molecule has 0 bridgehead atoms. The smallest absolute Gasteiger partial charge is 0.0637 e. The Labute approximate surface area is 294 Å². The summed E-state index contributed by atoms with van der Waals surface area (Å²) in [7, 11) is 0. The summed E-state index contributed by atoms with van der Waals surface area (Å²) >= 11 is 0. The summed E-state index contributed by atoms with van der Waals surface area (Å²) in [4.78, 5) is 2.59. The lowest BCUT2D eigenvalue weighted by molar-refractivity contribution is -0.227. The van der Waals surface area contributed by atoms with Crippen LogP contribution in [0.15, 0.2) is 0 Å². The molecular weight excluding hydrogens is 600 g/mol. The van der Waals surface area contributed by atoms with E-state index in [1.807, 2.05) is 0 Å². The topological polar surface area (TPSA) is 161 Å². The number of nitrogens with two attached hydrogens (primary N) is 5. The first kappa shape index (κ1) is 40.4. The highest BCUT2D eigenvalue weighted by molar-refractivity contribution is 5.15. The third-order valence-corrected chi connectivity index (χ3v) is 14.0. The Morgan fingerprint density at radius 2 is 1.27 bits per heavy atom. The maximum absolute atomic E-state index is 7.04. The summed E-state index contributed by atoms with van der Waals surface area (Å²) in [5.41, 5.74) is 29.9. The third kappa shape index (κ3) is 9.54. The van der Waals surface area contributed by atoms with Crippen molar-refractivity contribution in [1.82, 2.24) is 4.90 Å². The van der Waals surface area contributed by atoms with Crippen LogP contribution in [0, 0.1) is 46.3 Å². The van der Waals surface area contributed by atoms with E-state index >= 15 is 0 Å². The zero-order valence-corrected chi connectivity index (χ0v) is 31.4. The minimum atomic E-state index is 0.148. The average molecular weight is 679 g/mol. The molecule has 48 heavy (non-hydrogen) atoms. The predicted molar refractivity (Wildman–Crippen MR) is 198 cm³/mol. The summed E-state index contributed by atoms with van der Waals surface area (Å²) in [5, 5.41) is 0. The van der Waals surface area contributed by atoms with E-state index in [-0.39, 0.29) is 11.5 Å². The van der Waals surface area contributed by atoms with Crippen molar-refractivity contribution in [3.8, 4) is 0 Å². The van der Waals surface area contributed by atoms with E-state index in [0.717, 1.165) is 110 Å². The lowest BCUT2D eigenvalue weighted by atomic mass is 9.43. The van der Waals surface area contributed by atoms with Crippen LogP contribution in [0.4, 0.5) is 0 Å². The van der Waals surface area contributed by atoms with Crippen LogP contribution >= 0.6 is 0 Å². The quantitative estimate of drug-likeness (QED) is 0.0982. The Bertz CT molecular complexity index is 892. The van der Waals surface area contributed by atoms with Crippen molar-refractivity contribution in [2.45, 2.75) is 129 Å². The molecule has 4 saturated carbocycles. The summed E-state index contributed by atoms with van der Waals surface area (Å²) in [6.45, 7) is 17.0. The molecule has 0 aromatic carbocycles.